The fourth-order valence-electron chi connectivity index (χ4n) is 3.53. The van der Waals surface area contributed by atoms with Gasteiger partial charge in [0.15, 0.2) is 5.82 Å². The lowest BCUT2D eigenvalue weighted by Gasteiger charge is -2.35. The summed E-state index contributed by atoms with van der Waals surface area (Å²) in [5.74, 6) is 2.44. The maximum atomic E-state index is 5.84. The van der Waals surface area contributed by atoms with Crippen LogP contribution in [0.5, 0.6) is 5.75 Å². The van der Waals surface area contributed by atoms with Crippen LogP contribution in [0.3, 0.4) is 0 Å². The number of benzene rings is 2. The lowest BCUT2D eigenvalue weighted by molar-refractivity contribution is 0.295. The minimum absolute atomic E-state index is 0.156. The third-order valence-corrected chi connectivity index (χ3v) is 5.68. The number of ether oxygens (including phenoxy) is 1. The van der Waals surface area contributed by atoms with Gasteiger partial charge < -0.3 is 4.74 Å². The van der Waals surface area contributed by atoms with E-state index in [1.54, 1.807) is 18.5 Å². The van der Waals surface area contributed by atoms with Gasteiger partial charge in [-0.05, 0) is 40.5 Å². The predicted molar refractivity (Wildman–Crippen MR) is 114 cm³/mol. The highest BCUT2D eigenvalue weighted by Crippen LogP contribution is 2.40. The molecule has 0 fully saturated rings. The van der Waals surface area contributed by atoms with Crippen LogP contribution in [0.15, 0.2) is 67.0 Å². The van der Waals surface area contributed by atoms with Crippen molar-refractivity contribution in [3.05, 3.63) is 83.9 Å². The average molecular weight is 400 g/mol. The molecule has 7 heteroatoms. The van der Waals surface area contributed by atoms with Gasteiger partial charge in [-0.15, -0.1) is 10.2 Å². The van der Waals surface area contributed by atoms with E-state index in [1.165, 1.54) is 11.1 Å². The minimum atomic E-state index is -0.156. The molecule has 152 valence electrons. The Morgan fingerprint density at radius 2 is 1.57 bits per heavy atom. The van der Waals surface area contributed by atoms with Crippen LogP contribution in [0.4, 0.5) is 0 Å². The molecule has 1 atom stereocenters. The van der Waals surface area contributed by atoms with Crippen molar-refractivity contribution in [2.24, 2.45) is 5.92 Å². The van der Waals surface area contributed by atoms with Crippen molar-refractivity contribution in [3.8, 4) is 17.1 Å². The van der Waals surface area contributed by atoms with Gasteiger partial charge in [-0.25, -0.2) is 9.97 Å². The Kier molecular flexibility index (Phi) is 5.52. The molecule has 2 aromatic carbocycles. The number of aromatic amines is 1. The Bertz CT molecular complexity index is 1060. The number of nitrogens with one attached hydrogen (secondary N) is 1. The first-order valence-corrected chi connectivity index (χ1v) is 9.91. The van der Waals surface area contributed by atoms with Gasteiger partial charge in [0.2, 0.25) is 5.82 Å². The average Bonchev–Trinajstić information content (AvgIpc) is 3.33. The SMILES string of the molecule is CC(C)C(C)(c1ccc(OCc2ncccn2)cc1)c1ccc(-c2nn[nH]n2)cc1. The number of H-pyrrole nitrogens is 1. The first-order valence-electron chi connectivity index (χ1n) is 9.91. The highest BCUT2D eigenvalue weighted by atomic mass is 16.5. The van der Waals surface area contributed by atoms with E-state index in [0.717, 1.165) is 11.3 Å². The zero-order chi connectivity index (χ0) is 21.0. The molecule has 0 aliphatic heterocycles. The summed E-state index contributed by atoms with van der Waals surface area (Å²) in [5.41, 5.74) is 3.24. The molecular formula is C23H24N6O. The molecule has 0 radical (unpaired) electrons. The molecule has 30 heavy (non-hydrogen) atoms. The molecule has 0 saturated carbocycles. The highest BCUT2D eigenvalue weighted by molar-refractivity contribution is 5.55. The Hall–Kier alpha value is -3.61. The molecule has 0 aliphatic carbocycles. The molecular weight excluding hydrogens is 376 g/mol. The van der Waals surface area contributed by atoms with E-state index in [-0.39, 0.29) is 5.41 Å². The molecule has 0 saturated heterocycles. The van der Waals surface area contributed by atoms with Crippen molar-refractivity contribution in [2.45, 2.75) is 32.8 Å². The summed E-state index contributed by atoms with van der Waals surface area (Å²) in [7, 11) is 0. The summed E-state index contributed by atoms with van der Waals surface area (Å²) >= 11 is 0. The fraction of sp³-hybridized carbons (Fsp3) is 0.261. The van der Waals surface area contributed by atoms with Crippen LogP contribution in [0.25, 0.3) is 11.4 Å². The Balaban J connectivity index is 1.55. The quantitative estimate of drug-likeness (QED) is 0.500. The number of rotatable bonds is 7. The van der Waals surface area contributed by atoms with E-state index < -0.39 is 0 Å². The van der Waals surface area contributed by atoms with Crippen LogP contribution >= 0.6 is 0 Å². The number of hydrogen-bond donors (Lipinski definition) is 1. The Labute approximate surface area is 175 Å². The molecule has 7 nitrogen and oxygen atoms in total. The third-order valence-electron chi connectivity index (χ3n) is 5.68. The van der Waals surface area contributed by atoms with Crippen LogP contribution in [0, 0.1) is 5.92 Å². The lowest BCUT2D eigenvalue weighted by atomic mass is 9.68. The van der Waals surface area contributed by atoms with E-state index in [1.807, 2.05) is 24.3 Å². The van der Waals surface area contributed by atoms with Gasteiger partial charge in [-0.3, -0.25) is 0 Å². The number of hydrogen-bond acceptors (Lipinski definition) is 6. The summed E-state index contributed by atoms with van der Waals surface area (Å²) in [6.45, 7) is 7.10. The summed E-state index contributed by atoms with van der Waals surface area (Å²) in [6, 6.07) is 18.4. The summed E-state index contributed by atoms with van der Waals surface area (Å²) < 4.78 is 5.84. The van der Waals surface area contributed by atoms with Crippen molar-refractivity contribution >= 4 is 0 Å². The maximum absolute atomic E-state index is 5.84. The molecule has 4 rings (SSSR count). The predicted octanol–water partition coefficient (Wildman–Crippen LogP) is 4.20. The van der Waals surface area contributed by atoms with E-state index in [0.29, 0.717) is 24.2 Å². The smallest absolute Gasteiger partial charge is 0.204 e. The molecule has 1 N–H and O–H groups in total. The van der Waals surface area contributed by atoms with Gasteiger partial charge in [0.1, 0.15) is 12.4 Å². The standard InChI is InChI=1S/C23H24N6O/c1-16(2)23(3,18-7-5-17(6-8-18)22-26-28-29-27-22)19-9-11-20(12-10-19)30-15-21-24-13-4-14-25-21/h4-14,16H,15H2,1-3H3,(H,26,27,28,29). The van der Waals surface area contributed by atoms with Crippen molar-refractivity contribution in [2.75, 3.05) is 0 Å². The molecule has 0 spiro atoms. The van der Waals surface area contributed by atoms with Crippen LogP contribution in [-0.2, 0) is 12.0 Å². The first kappa shape index (κ1) is 19.7. The molecule has 0 aliphatic rings. The molecule has 0 bridgehead atoms. The van der Waals surface area contributed by atoms with Crippen molar-refractivity contribution < 1.29 is 4.74 Å². The number of aromatic nitrogens is 6. The van der Waals surface area contributed by atoms with Crippen LogP contribution < -0.4 is 4.74 Å². The Morgan fingerprint density at radius 1 is 0.933 bits per heavy atom. The molecule has 2 aromatic heterocycles. The highest BCUT2D eigenvalue weighted by Gasteiger charge is 2.32. The molecule has 4 aromatic rings. The van der Waals surface area contributed by atoms with Gasteiger partial charge in [-0.2, -0.15) is 5.21 Å². The van der Waals surface area contributed by atoms with Crippen LogP contribution in [-0.4, -0.2) is 30.6 Å². The van der Waals surface area contributed by atoms with Gasteiger partial charge >= 0.3 is 0 Å². The summed E-state index contributed by atoms with van der Waals surface area (Å²) in [6.07, 6.45) is 3.43. The third kappa shape index (κ3) is 3.91. The van der Waals surface area contributed by atoms with E-state index in [9.17, 15) is 0 Å². The van der Waals surface area contributed by atoms with Crippen molar-refractivity contribution in [1.82, 2.24) is 30.6 Å². The summed E-state index contributed by atoms with van der Waals surface area (Å²) in [4.78, 5) is 8.38. The zero-order valence-corrected chi connectivity index (χ0v) is 17.3. The van der Waals surface area contributed by atoms with E-state index in [2.05, 4.69) is 75.6 Å². The summed E-state index contributed by atoms with van der Waals surface area (Å²) in [5, 5.41) is 14.2. The monoisotopic (exact) mass is 400 g/mol. The van der Waals surface area contributed by atoms with Gasteiger partial charge in [0.05, 0.1) is 0 Å². The fourth-order valence-corrected chi connectivity index (χ4v) is 3.53. The molecule has 2 heterocycles. The second-order valence-electron chi connectivity index (χ2n) is 7.65. The molecule has 0 amide bonds. The van der Waals surface area contributed by atoms with E-state index in [4.69, 9.17) is 4.74 Å². The minimum Gasteiger partial charge on any atom is -0.486 e. The van der Waals surface area contributed by atoms with Crippen molar-refractivity contribution in [3.63, 3.8) is 0 Å². The maximum Gasteiger partial charge on any atom is 0.204 e. The Morgan fingerprint density at radius 3 is 2.13 bits per heavy atom. The van der Waals surface area contributed by atoms with Gasteiger partial charge in [0, 0.05) is 23.4 Å². The van der Waals surface area contributed by atoms with Crippen LogP contribution in [0.1, 0.15) is 37.7 Å². The van der Waals surface area contributed by atoms with Gasteiger partial charge in [0.25, 0.3) is 0 Å². The molecule has 1 unspecified atom stereocenters. The lowest BCUT2D eigenvalue weighted by Crippen LogP contribution is -2.30. The number of tetrazole rings is 1. The second-order valence-corrected chi connectivity index (χ2v) is 7.65. The van der Waals surface area contributed by atoms with Gasteiger partial charge in [-0.1, -0.05) is 57.2 Å². The largest absolute Gasteiger partial charge is 0.486 e. The second kappa shape index (κ2) is 8.41. The zero-order valence-electron chi connectivity index (χ0n) is 17.3. The number of nitrogens with zero attached hydrogens (tertiary/aromatic N) is 5. The first-order chi connectivity index (χ1) is 14.6. The van der Waals surface area contributed by atoms with Crippen molar-refractivity contribution in [1.29, 1.82) is 0 Å². The van der Waals surface area contributed by atoms with Crippen LogP contribution in [0.2, 0.25) is 0 Å². The normalized spacial score (nSPS) is 13.2. The topological polar surface area (TPSA) is 89.5 Å². The van der Waals surface area contributed by atoms with E-state index >= 15 is 0 Å².